The molecule has 0 spiro atoms. The van der Waals surface area contributed by atoms with Crippen LogP contribution in [0.4, 0.5) is 5.69 Å². The molecule has 0 heterocycles. The lowest BCUT2D eigenvalue weighted by atomic mass is 10.2. The molecule has 0 bridgehead atoms. The van der Waals surface area contributed by atoms with Gasteiger partial charge in [-0.1, -0.05) is 32.0 Å². The Bertz CT molecular complexity index is 347. The highest BCUT2D eigenvalue weighted by Crippen LogP contribution is 2.04. The Morgan fingerprint density at radius 2 is 1.95 bits per heavy atom. The molecule has 1 atom stereocenters. The average molecular weight is 298 g/mol. The second-order valence-electron chi connectivity index (χ2n) is 3.96. The van der Waals surface area contributed by atoms with Gasteiger partial charge in [-0.2, -0.15) is 11.8 Å². The van der Waals surface area contributed by atoms with E-state index in [0.29, 0.717) is 0 Å². The van der Waals surface area contributed by atoms with E-state index in [4.69, 9.17) is 5.11 Å². The highest BCUT2D eigenvalue weighted by Gasteiger charge is 2.08. The van der Waals surface area contributed by atoms with Gasteiger partial charge in [-0.15, -0.1) is 0 Å². The van der Waals surface area contributed by atoms with Crippen LogP contribution in [0.15, 0.2) is 30.3 Å². The van der Waals surface area contributed by atoms with Crippen molar-refractivity contribution in [1.29, 1.82) is 0 Å². The molecule has 0 aliphatic heterocycles. The number of carbonyl (C=O) groups excluding carboxylic acids is 1. The Kier molecular flexibility index (Phi) is 12.3. The molecule has 4 nitrogen and oxygen atoms in total. The minimum Gasteiger partial charge on any atom is -0.395 e. The van der Waals surface area contributed by atoms with Gasteiger partial charge in [0.25, 0.3) is 0 Å². The number of rotatable bonds is 8. The number of thioether (sulfide) groups is 1. The number of para-hydroxylation sites is 1. The molecule has 0 aromatic heterocycles. The fourth-order valence-corrected chi connectivity index (χ4v) is 2.00. The van der Waals surface area contributed by atoms with Crippen LogP contribution in [0.25, 0.3) is 0 Å². The van der Waals surface area contributed by atoms with E-state index in [9.17, 15) is 4.79 Å². The first kappa shape index (κ1) is 19.0. The molecule has 3 N–H and O–H groups in total. The van der Waals surface area contributed by atoms with Gasteiger partial charge in [-0.05, 0) is 30.6 Å². The minimum atomic E-state index is -0.0937. The van der Waals surface area contributed by atoms with Crippen molar-refractivity contribution in [2.75, 3.05) is 30.5 Å². The minimum absolute atomic E-state index is 0.0148. The fourth-order valence-electron chi connectivity index (χ4n) is 1.48. The zero-order valence-electron chi connectivity index (χ0n) is 12.6. The molecular weight excluding hydrogens is 272 g/mol. The number of aliphatic hydroxyl groups excluding tert-OH is 1. The number of aliphatic hydroxyl groups is 1. The molecule has 1 amide bonds. The van der Waals surface area contributed by atoms with Gasteiger partial charge in [-0.25, -0.2) is 0 Å². The van der Waals surface area contributed by atoms with Gasteiger partial charge in [0.2, 0.25) is 5.91 Å². The number of nitrogens with one attached hydrogen (secondary N) is 2. The summed E-state index contributed by atoms with van der Waals surface area (Å²) in [7, 11) is 0. The Morgan fingerprint density at radius 1 is 1.30 bits per heavy atom. The van der Waals surface area contributed by atoms with Crippen LogP contribution in [0.3, 0.4) is 0 Å². The van der Waals surface area contributed by atoms with Crippen molar-refractivity contribution in [3.8, 4) is 0 Å². The van der Waals surface area contributed by atoms with Crippen LogP contribution >= 0.6 is 11.8 Å². The standard InChI is InChI=1S/C13H20N2O2S.C2H6/c1-18-8-7-12(10-16)14-9-13(17)15-11-5-3-2-4-6-11;1-2/h2-6,12,14,16H,7-10H2,1H3,(H,15,17);1-2H3. The van der Waals surface area contributed by atoms with Crippen molar-refractivity contribution in [2.45, 2.75) is 26.3 Å². The quantitative estimate of drug-likeness (QED) is 0.689. The summed E-state index contributed by atoms with van der Waals surface area (Å²) < 4.78 is 0. The van der Waals surface area contributed by atoms with E-state index in [1.165, 1.54) is 0 Å². The third kappa shape index (κ3) is 8.96. The van der Waals surface area contributed by atoms with Crippen LogP contribution in [0.5, 0.6) is 0 Å². The molecule has 1 aromatic rings. The van der Waals surface area contributed by atoms with Gasteiger partial charge >= 0.3 is 0 Å². The lowest BCUT2D eigenvalue weighted by Gasteiger charge is -2.15. The maximum absolute atomic E-state index is 11.6. The number of hydrogen-bond acceptors (Lipinski definition) is 4. The van der Waals surface area contributed by atoms with Crippen molar-refractivity contribution in [3.05, 3.63) is 30.3 Å². The Labute approximate surface area is 126 Å². The highest BCUT2D eigenvalue weighted by atomic mass is 32.2. The first-order valence-electron chi connectivity index (χ1n) is 6.94. The monoisotopic (exact) mass is 298 g/mol. The third-order valence-electron chi connectivity index (χ3n) is 2.50. The smallest absolute Gasteiger partial charge is 0.238 e. The van der Waals surface area contributed by atoms with E-state index in [0.717, 1.165) is 17.9 Å². The first-order valence-corrected chi connectivity index (χ1v) is 8.33. The van der Waals surface area contributed by atoms with Crippen molar-refractivity contribution in [3.63, 3.8) is 0 Å². The molecule has 1 unspecified atom stereocenters. The van der Waals surface area contributed by atoms with Crippen LogP contribution in [0.1, 0.15) is 20.3 Å². The van der Waals surface area contributed by atoms with Crippen LogP contribution in [-0.2, 0) is 4.79 Å². The molecule has 1 aromatic carbocycles. The molecule has 0 aliphatic carbocycles. The number of hydrogen-bond donors (Lipinski definition) is 3. The zero-order valence-corrected chi connectivity index (χ0v) is 13.4. The maximum Gasteiger partial charge on any atom is 0.238 e. The maximum atomic E-state index is 11.6. The van der Waals surface area contributed by atoms with Crippen molar-refractivity contribution >= 4 is 23.4 Å². The van der Waals surface area contributed by atoms with Crippen molar-refractivity contribution in [1.82, 2.24) is 5.32 Å². The van der Waals surface area contributed by atoms with E-state index in [1.807, 2.05) is 50.4 Å². The van der Waals surface area contributed by atoms with Gasteiger partial charge in [0.15, 0.2) is 0 Å². The predicted molar refractivity (Wildman–Crippen MR) is 88.3 cm³/mol. The zero-order chi connectivity index (χ0) is 15.2. The molecule has 114 valence electrons. The number of benzene rings is 1. The lowest BCUT2D eigenvalue weighted by Crippen LogP contribution is -2.38. The number of anilines is 1. The first-order chi connectivity index (χ1) is 9.76. The van der Waals surface area contributed by atoms with Gasteiger partial charge in [-0.3, -0.25) is 4.79 Å². The average Bonchev–Trinajstić information content (AvgIpc) is 2.50. The summed E-state index contributed by atoms with van der Waals surface area (Å²) in [5.74, 6) is 0.877. The summed E-state index contributed by atoms with van der Waals surface area (Å²) in [5, 5.41) is 15.0. The SMILES string of the molecule is CC.CSCCC(CO)NCC(=O)Nc1ccccc1. The molecule has 5 heteroatoms. The van der Waals surface area contributed by atoms with E-state index in [1.54, 1.807) is 11.8 Å². The predicted octanol–water partition coefficient (Wildman–Crippen LogP) is 2.35. The molecule has 0 aliphatic rings. The summed E-state index contributed by atoms with van der Waals surface area (Å²) in [5.41, 5.74) is 0.786. The van der Waals surface area contributed by atoms with E-state index in [-0.39, 0.29) is 25.1 Å². The van der Waals surface area contributed by atoms with Crippen molar-refractivity contribution < 1.29 is 9.90 Å². The summed E-state index contributed by atoms with van der Waals surface area (Å²) in [6, 6.07) is 9.32. The van der Waals surface area contributed by atoms with Crippen LogP contribution in [-0.4, -0.2) is 42.2 Å². The normalized spacial score (nSPS) is 11.2. The topological polar surface area (TPSA) is 61.4 Å². The highest BCUT2D eigenvalue weighted by molar-refractivity contribution is 7.98. The summed E-state index contributed by atoms with van der Waals surface area (Å²) >= 11 is 1.73. The number of amides is 1. The van der Waals surface area contributed by atoms with E-state index in [2.05, 4.69) is 10.6 Å². The summed E-state index contributed by atoms with van der Waals surface area (Å²) in [6.07, 6.45) is 2.88. The Balaban J connectivity index is 0.00000172. The molecular formula is C15H26N2O2S. The van der Waals surface area contributed by atoms with Gasteiger partial charge in [0, 0.05) is 11.7 Å². The summed E-state index contributed by atoms with van der Waals surface area (Å²) in [6.45, 7) is 4.27. The van der Waals surface area contributed by atoms with Crippen LogP contribution in [0.2, 0.25) is 0 Å². The summed E-state index contributed by atoms with van der Waals surface area (Å²) in [4.78, 5) is 11.6. The Morgan fingerprint density at radius 3 is 2.50 bits per heavy atom. The number of carbonyl (C=O) groups is 1. The second kappa shape index (κ2) is 13.0. The third-order valence-corrected chi connectivity index (χ3v) is 3.14. The van der Waals surface area contributed by atoms with Gasteiger partial charge in [0.1, 0.15) is 0 Å². The van der Waals surface area contributed by atoms with Crippen molar-refractivity contribution in [2.24, 2.45) is 0 Å². The second-order valence-corrected chi connectivity index (χ2v) is 4.94. The van der Waals surface area contributed by atoms with E-state index < -0.39 is 0 Å². The molecule has 0 radical (unpaired) electrons. The molecule has 0 saturated heterocycles. The molecule has 1 rings (SSSR count). The fraction of sp³-hybridized carbons (Fsp3) is 0.533. The van der Waals surface area contributed by atoms with E-state index >= 15 is 0 Å². The largest absolute Gasteiger partial charge is 0.395 e. The molecule has 0 saturated carbocycles. The Hall–Kier alpha value is -1.04. The molecule has 20 heavy (non-hydrogen) atoms. The van der Waals surface area contributed by atoms with Crippen LogP contribution < -0.4 is 10.6 Å². The molecule has 0 fully saturated rings. The van der Waals surface area contributed by atoms with Crippen LogP contribution in [0, 0.1) is 0 Å². The lowest BCUT2D eigenvalue weighted by molar-refractivity contribution is -0.115. The van der Waals surface area contributed by atoms with Gasteiger partial charge < -0.3 is 15.7 Å². The van der Waals surface area contributed by atoms with Gasteiger partial charge in [0.05, 0.1) is 13.2 Å².